The highest BCUT2D eigenvalue weighted by molar-refractivity contribution is 7.98. The van der Waals surface area contributed by atoms with Gasteiger partial charge in [-0.05, 0) is 61.2 Å². The third-order valence-electron chi connectivity index (χ3n) is 6.88. The van der Waals surface area contributed by atoms with E-state index in [9.17, 15) is 9.18 Å². The zero-order valence-corrected chi connectivity index (χ0v) is 21.6. The minimum absolute atomic E-state index is 0.148. The number of hydrogen-bond donors (Lipinski definition) is 0. The predicted octanol–water partition coefficient (Wildman–Crippen LogP) is 5.13. The maximum absolute atomic E-state index is 14.3. The zero-order valence-electron chi connectivity index (χ0n) is 20.8. The summed E-state index contributed by atoms with van der Waals surface area (Å²) < 4.78 is 23.3. The number of aryl methyl sites for hydroxylation is 2. The van der Waals surface area contributed by atoms with E-state index in [1.165, 1.54) is 7.11 Å². The van der Waals surface area contributed by atoms with Crippen LogP contribution in [0.1, 0.15) is 46.2 Å². The summed E-state index contributed by atoms with van der Waals surface area (Å²) >= 11 is 1.63. The molecular formula is C27H30FN5O2S. The lowest BCUT2D eigenvalue weighted by Gasteiger charge is -2.32. The Morgan fingerprint density at radius 1 is 1.17 bits per heavy atom. The molecule has 36 heavy (non-hydrogen) atoms. The number of hydrogen-bond acceptors (Lipinski definition) is 6. The van der Waals surface area contributed by atoms with Crippen LogP contribution >= 0.6 is 11.8 Å². The normalized spacial score (nSPS) is 15.0. The van der Waals surface area contributed by atoms with E-state index < -0.39 is 0 Å². The van der Waals surface area contributed by atoms with Gasteiger partial charge in [0.15, 0.2) is 0 Å². The van der Waals surface area contributed by atoms with Gasteiger partial charge in [0.05, 0.1) is 47.5 Å². The Labute approximate surface area is 214 Å². The molecule has 0 amide bonds. The molecule has 0 saturated carbocycles. The van der Waals surface area contributed by atoms with E-state index in [1.54, 1.807) is 23.9 Å². The van der Waals surface area contributed by atoms with Crippen molar-refractivity contribution in [1.29, 1.82) is 0 Å². The van der Waals surface area contributed by atoms with Gasteiger partial charge in [0, 0.05) is 25.9 Å². The monoisotopic (exact) mass is 507 g/mol. The Hall–Kier alpha value is -3.17. The van der Waals surface area contributed by atoms with Crippen LogP contribution in [0.4, 0.5) is 4.39 Å². The molecule has 5 rings (SSSR count). The molecular weight excluding hydrogens is 477 g/mol. The van der Waals surface area contributed by atoms with E-state index in [0.29, 0.717) is 22.9 Å². The first-order valence-corrected chi connectivity index (χ1v) is 13.1. The molecule has 4 aromatic rings. The summed E-state index contributed by atoms with van der Waals surface area (Å²) in [6, 6.07) is 13.2. The lowest BCUT2D eigenvalue weighted by molar-refractivity contribution is 0.0601. The fourth-order valence-corrected chi connectivity index (χ4v) is 5.78. The Morgan fingerprint density at radius 2 is 1.97 bits per heavy atom. The summed E-state index contributed by atoms with van der Waals surface area (Å²) in [5.74, 6) is 1.06. The van der Waals surface area contributed by atoms with Gasteiger partial charge in [-0.2, -0.15) is 5.10 Å². The molecule has 0 spiro atoms. The summed E-state index contributed by atoms with van der Waals surface area (Å²) in [6.07, 6.45) is 3.82. The highest BCUT2D eigenvalue weighted by Gasteiger charge is 2.24. The van der Waals surface area contributed by atoms with Gasteiger partial charge in [0.1, 0.15) is 11.6 Å². The summed E-state index contributed by atoms with van der Waals surface area (Å²) in [7, 11) is 3.38. The van der Waals surface area contributed by atoms with E-state index >= 15 is 0 Å². The number of fused-ring (bicyclic) bond motifs is 1. The molecule has 9 heteroatoms. The standard InChI is InChI=1S/C27H30FN5O2S/c1-18-4-5-20(22(28)14-18)17-36-26-8-11-29-33(26)21-9-12-32(13-10-21)16-25-30-23-7-6-19(27(34)35-3)15-24(23)31(25)2/h4-8,11,14-15,21H,9-10,12-13,16-17H2,1-3H3. The van der Waals surface area contributed by atoms with Gasteiger partial charge >= 0.3 is 5.97 Å². The Kier molecular flexibility index (Phi) is 7.11. The van der Waals surface area contributed by atoms with Crippen molar-refractivity contribution in [1.82, 2.24) is 24.2 Å². The number of rotatable bonds is 7. The number of esters is 1. The van der Waals surface area contributed by atoms with Crippen LogP contribution < -0.4 is 0 Å². The summed E-state index contributed by atoms with van der Waals surface area (Å²) in [5.41, 5.74) is 3.97. The van der Waals surface area contributed by atoms with E-state index in [2.05, 4.69) is 19.2 Å². The molecule has 0 aliphatic carbocycles. The number of methoxy groups -OCH3 is 1. The van der Waals surface area contributed by atoms with Crippen molar-refractivity contribution in [3.8, 4) is 0 Å². The van der Waals surface area contributed by atoms with E-state index in [0.717, 1.165) is 59.9 Å². The van der Waals surface area contributed by atoms with Crippen molar-refractivity contribution in [2.75, 3.05) is 20.2 Å². The molecule has 7 nitrogen and oxygen atoms in total. The Morgan fingerprint density at radius 3 is 2.72 bits per heavy atom. The van der Waals surface area contributed by atoms with Crippen LogP contribution in [0.25, 0.3) is 11.0 Å². The third-order valence-corrected chi connectivity index (χ3v) is 7.95. The van der Waals surface area contributed by atoms with Crippen LogP contribution in [0.5, 0.6) is 0 Å². The molecule has 188 valence electrons. The maximum atomic E-state index is 14.3. The van der Waals surface area contributed by atoms with Gasteiger partial charge in [0.2, 0.25) is 0 Å². The van der Waals surface area contributed by atoms with E-state index in [1.807, 2.05) is 50.5 Å². The highest BCUT2D eigenvalue weighted by atomic mass is 32.2. The SMILES string of the molecule is COC(=O)c1ccc2nc(CN3CCC(n4nccc4SCc4ccc(C)cc4F)CC3)n(C)c2c1. The summed E-state index contributed by atoms with van der Waals surface area (Å²) in [6.45, 7) is 4.53. The summed E-state index contributed by atoms with van der Waals surface area (Å²) in [4.78, 5) is 19.1. The lowest BCUT2D eigenvalue weighted by Crippen LogP contribution is -2.35. The predicted molar refractivity (Wildman–Crippen MR) is 139 cm³/mol. The van der Waals surface area contributed by atoms with Crippen LogP contribution in [0, 0.1) is 12.7 Å². The molecule has 0 N–H and O–H groups in total. The van der Waals surface area contributed by atoms with Crippen LogP contribution in [0.2, 0.25) is 0 Å². The van der Waals surface area contributed by atoms with Gasteiger partial charge in [-0.3, -0.25) is 9.58 Å². The smallest absolute Gasteiger partial charge is 0.337 e. The van der Waals surface area contributed by atoms with Crippen molar-refractivity contribution in [2.45, 2.75) is 43.1 Å². The average molecular weight is 508 g/mol. The number of aromatic nitrogens is 4. The van der Waals surface area contributed by atoms with Crippen LogP contribution in [0.15, 0.2) is 53.7 Å². The fourth-order valence-electron chi connectivity index (χ4n) is 4.76. The molecule has 0 radical (unpaired) electrons. The van der Waals surface area contributed by atoms with E-state index in [-0.39, 0.29) is 11.8 Å². The molecule has 0 unspecified atom stereocenters. The molecule has 1 saturated heterocycles. The molecule has 1 aliphatic rings. The average Bonchev–Trinajstić information content (AvgIpc) is 3.47. The zero-order chi connectivity index (χ0) is 25.2. The quantitative estimate of drug-likeness (QED) is 0.255. The third kappa shape index (κ3) is 5.03. The van der Waals surface area contributed by atoms with Crippen LogP contribution in [0.3, 0.4) is 0 Å². The first-order valence-electron chi connectivity index (χ1n) is 12.1. The van der Waals surface area contributed by atoms with Crippen molar-refractivity contribution in [2.24, 2.45) is 7.05 Å². The van der Waals surface area contributed by atoms with E-state index in [4.69, 9.17) is 9.72 Å². The number of carbonyl (C=O) groups is 1. The van der Waals surface area contributed by atoms with Crippen LogP contribution in [-0.4, -0.2) is 50.4 Å². The molecule has 2 aromatic heterocycles. The molecule has 0 bridgehead atoms. The van der Waals surface area contributed by atoms with Gasteiger partial charge in [-0.25, -0.2) is 14.2 Å². The van der Waals surface area contributed by atoms with Gasteiger partial charge in [0.25, 0.3) is 0 Å². The Balaban J connectivity index is 1.21. The number of thioether (sulfide) groups is 1. The number of nitrogens with zero attached hydrogens (tertiary/aromatic N) is 5. The number of benzene rings is 2. The second kappa shape index (κ2) is 10.4. The Bertz CT molecular complexity index is 1390. The number of carbonyl (C=O) groups excluding carboxylic acids is 1. The number of piperidine rings is 1. The highest BCUT2D eigenvalue weighted by Crippen LogP contribution is 2.31. The van der Waals surface area contributed by atoms with Crippen LogP contribution in [-0.2, 0) is 24.1 Å². The fraction of sp³-hybridized carbons (Fsp3) is 0.370. The number of halogens is 1. The number of imidazole rings is 1. The molecule has 1 aliphatic heterocycles. The first kappa shape index (κ1) is 24.5. The van der Waals surface area contributed by atoms with Crippen molar-refractivity contribution >= 4 is 28.8 Å². The minimum atomic E-state index is -0.345. The van der Waals surface area contributed by atoms with Crippen molar-refractivity contribution in [3.63, 3.8) is 0 Å². The second-order valence-corrected chi connectivity index (χ2v) is 10.3. The van der Waals surface area contributed by atoms with Gasteiger partial charge < -0.3 is 9.30 Å². The van der Waals surface area contributed by atoms with Crippen molar-refractivity contribution < 1.29 is 13.9 Å². The lowest BCUT2D eigenvalue weighted by atomic mass is 10.1. The molecule has 2 aromatic carbocycles. The van der Waals surface area contributed by atoms with Crippen molar-refractivity contribution in [3.05, 3.63) is 77.0 Å². The summed E-state index contributed by atoms with van der Waals surface area (Å²) in [5, 5.41) is 5.67. The molecule has 1 fully saturated rings. The number of likely N-dealkylation sites (tertiary alicyclic amines) is 1. The van der Waals surface area contributed by atoms with Gasteiger partial charge in [-0.1, -0.05) is 12.1 Å². The molecule has 3 heterocycles. The topological polar surface area (TPSA) is 65.2 Å². The maximum Gasteiger partial charge on any atom is 0.337 e. The molecule has 0 atom stereocenters. The first-order chi connectivity index (χ1) is 17.4. The van der Waals surface area contributed by atoms with Gasteiger partial charge in [-0.15, -0.1) is 11.8 Å². The number of ether oxygens (including phenoxy) is 1. The minimum Gasteiger partial charge on any atom is -0.465 e. The second-order valence-electron chi connectivity index (χ2n) is 9.29. The largest absolute Gasteiger partial charge is 0.465 e.